The Balaban J connectivity index is 2.63. The highest BCUT2D eigenvalue weighted by Gasteiger charge is 2.26. The van der Waals surface area contributed by atoms with E-state index in [9.17, 15) is 0 Å². The molecule has 1 aliphatic heterocycles. The van der Waals surface area contributed by atoms with Gasteiger partial charge >= 0.3 is 0 Å². The molecule has 0 spiro atoms. The molecule has 0 bridgehead atoms. The maximum absolute atomic E-state index is 9.00. The van der Waals surface area contributed by atoms with E-state index in [1.54, 1.807) is 6.07 Å². The topological polar surface area (TPSA) is 42.2 Å². The second-order valence-electron chi connectivity index (χ2n) is 4.88. The molecule has 0 saturated heterocycles. The zero-order chi connectivity index (χ0) is 11.8. The highest BCUT2D eigenvalue weighted by atomic mass is 16.6. The van der Waals surface area contributed by atoms with Gasteiger partial charge in [-0.15, -0.1) is 0 Å². The summed E-state index contributed by atoms with van der Waals surface area (Å²) in [4.78, 5) is 0. The molecule has 0 atom stereocenters. The van der Waals surface area contributed by atoms with Gasteiger partial charge in [0.2, 0.25) is 0 Å². The van der Waals surface area contributed by atoms with Crippen LogP contribution < -0.4 is 9.47 Å². The van der Waals surface area contributed by atoms with Crippen molar-refractivity contribution in [1.29, 1.82) is 5.26 Å². The number of fused-ring (bicyclic) bond motifs is 1. The van der Waals surface area contributed by atoms with Crippen LogP contribution in [0.25, 0.3) is 0 Å². The van der Waals surface area contributed by atoms with Crippen LogP contribution in [0.15, 0.2) is 12.1 Å². The summed E-state index contributed by atoms with van der Waals surface area (Å²) in [7, 11) is 0. The number of nitrogens with zero attached hydrogens (tertiary/aromatic N) is 1. The van der Waals surface area contributed by atoms with E-state index in [0.717, 1.165) is 11.3 Å². The van der Waals surface area contributed by atoms with Crippen LogP contribution in [0.5, 0.6) is 11.5 Å². The highest BCUT2D eigenvalue weighted by molar-refractivity contribution is 5.58. The summed E-state index contributed by atoms with van der Waals surface area (Å²) in [5.41, 5.74) is 1.61. The smallest absolute Gasteiger partial charge is 0.179 e. The molecule has 2 rings (SSSR count). The van der Waals surface area contributed by atoms with E-state index in [4.69, 9.17) is 14.7 Å². The van der Waals surface area contributed by atoms with Gasteiger partial charge in [-0.3, -0.25) is 0 Å². The molecule has 84 valence electrons. The Morgan fingerprint density at radius 1 is 1.12 bits per heavy atom. The second-order valence-corrected chi connectivity index (χ2v) is 4.88. The summed E-state index contributed by atoms with van der Waals surface area (Å²) in [5.74, 6) is 1.33. The van der Waals surface area contributed by atoms with Crippen molar-refractivity contribution in [2.24, 2.45) is 0 Å². The molecule has 3 heteroatoms. The lowest BCUT2D eigenvalue weighted by molar-refractivity contribution is 0.167. The van der Waals surface area contributed by atoms with Gasteiger partial charge in [-0.05, 0) is 11.5 Å². The summed E-state index contributed by atoms with van der Waals surface area (Å²) in [5, 5.41) is 9.00. The third-order valence-electron chi connectivity index (χ3n) is 2.62. The maximum Gasteiger partial charge on any atom is 0.179 e. The molecule has 16 heavy (non-hydrogen) atoms. The molecule has 0 aliphatic carbocycles. The molecule has 0 N–H and O–H groups in total. The molecule has 1 aliphatic rings. The fraction of sp³-hybridized carbons (Fsp3) is 0.462. The molecular weight excluding hydrogens is 202 g/mol. The molecule has 0 radical (unpaired) electrons. The molecule has 0 saturated carbocycles. The van der Waals surface area contributed by atoms with Gasteiger partial charge in [0, 0.05) is 5.56 Å². The summed E-state index contributed by atoms with van der Waals surface area (Å²) < 4.78 is 11.2. The van der Waals surface area contributed by atoms with Gasteiger partial charge in [-0.2, -0.15) is 5.26 Å². The minimum Gasteiger partial charge on any atom is -0.486 e. The van der Waals surface area contributed by atoms with E-state index in [2.05, 4.69) is 26.8 Å². The van der Waals surface area contributed by atoms with E-state index in [-0.39, 0.29) is 5.41 Å². The molecule has 0 unspecified atom stereocenters. The summed E-state index contributed by atoms with van der Waals surface area (Å²) in [6.45, 7) is 7.41. The number of nitriles is 1. The number of ether oxygens (including phenoxy) is 2. The Morgan fingerprint density at radius 3 is 2.31 bits per heavy atom. The normalized spacial score (nSPS) is 14.4. The van der Waals surface area contributed by atoms with E-state index in [0.29, 0.717) is 24.5 Å². The van der Waals surface area contributed by atoms with Crippen molar-refractivity contribution in [2.45, 2.75) is 26.2 Å². The quantitative estimate of drug-likeness (QED) is 0.670. The van der Waals surface area contributed by atoms with Gasteiger partial charge in [0.1, 0.15) is 19.3 Å². The van der Waals surface area contributed by atoms with Gasteiger partial charge in [-0.25, -0.2) is 0 Å². The van der Waals surface area contributed by atoms with Crippen molar-refractivity contribution in [2.75, 3.05) is 13.2 Å². The van der Waals surface area contributed by atoms with Crippen LogP contribution in [0.3, 0.4) is 0 Å². The minimum atomic E-state index is -0.0151. The van der Waals surface area contributed by atoms with Crippen LogP contribution in [-0.2, 0) is 5.41 Å². The first kappa shape index (κ1) is 10.8. The summed E-state index contributed by atoms with van der Waals surface area (Å²) in [6.07, 6.45) is 0. The van der Waals surface area contributed by atoms with Crippen LogP contribution in [-0.4, -0.2) is 13.2 Å². The first-order chi connectivity index (χ1) is 7.54. The number of rotatable bonds is 0. The largest absolute Gasteiger partial charge is 0.486 e. The lowest BCUT2D eigenvalue weighted by Gasteiger charge is -2.27. The minimum absolute atomic E-state index is 0.0151. The fourth-order valence-corrected chi connectivity index (χ4v) is 1.82. The molecule has 0 amide bonds. The first-order valence-electron chi connectivity index (χ1n) is 5.37. The van der Waals surface area contributed by atoms with Crippen molar-refractivity contribution in [3.8, 4) is 17.6 Å². The van der Waals surface area contributed by atoms with Gasteiger partial charge in [0.15, 0.2) is 11.5 Å². The zero-order valence-corrected chi connectivity index (χ0v) is 9.83. The SMILES string of the molecule is CC(C)(C)c1ccc(C#N)c2c1OCCO2. The van der Waals surface area contributed by atoms with Crippen LogP contribution in [0.2, 0.25) is 0 Å². The van der Waals surface area contributed by atoms with Crippen molar-refractivity contribution < 1.29 is 9.47 Å². The standard InChI is InChI=1S/C13H15NO2/c1-13(2,3)10-5-4-9(8-14)11-12(10)16-7-6-15-11/h4-5H,6-7H2,1-3H3. The molecular formula is C13H15NO2. The number of benzene rings is 1. The lowest BCUT2D eigenvalue weighted by atomic mass is 9.85. The van der Waals surface area contributed by atoms with Gasteiger partial charge in [-0.1, -0.05) is 26.8 Å². The van der Waals surface area contributed by atoms with E-state index >= 15 is 0 Å². The predicted octanol–water partition coefficient (Wildman–Crippen LogP) is 2.63. The molecule has 0 aromatic heterocycles. The number of hydrogen-bond acceptors (Lipinski definition) is 3. The Labute approximate surface area is 95.6 Å². The maximum atomic E-state index is 9.00. The molecule has 1 aromatic rings. The third-order valence-corrected chi connectivity index (χ3v) is 2.62. The second kappa shape index (κ2) is 3.71. The molecule has 0 fully saturated rings. The molecule has 3 nitrogen and oxygen atoms in total. The molecule has 1 heterocycles. The van der Waals surface area contributed by atoms with Gasteiger partial charge in [0.25, 0.3) is 0 Å². The average Bonchev–Trinajstić information content (AvgIpc) is 2.26. The average molecular weight is 217 g/mol. The monoisotopic (exact) mass is 217 g/mol. The lowest BCUT2D eigenvalue weighted by Crippen LogP contribution is -2.21. The van der Waals surface area contributed by atoms with E-state index < -0.39 is 0 Å². The van der Waals surface area contributed by atoms with Crippen LogP contribution in [0.4, 0.5) is 0 Å². The van der Waals surface area contributed by atoms with Crippen LogP contribution >= 0.6 is 0 Å². The Morgan fingerprint density at radius 2 is 1.75 bits per heavy atom. The van der Waals surface area contributed by atoms with Crippen molar-refractivity contribution >= 4 is 0 Å². The van der Waals surface area contributed by atoms with Crippen LogP contribution in [0.1, 0.15) is 31.9 Å². The Hall–Kier alpha value is -1.69. The summed E-state index contributed by atoms with van der Waals surface area (Å²) >= 11 is 0. The Kier molecular flexibility index (Phi) is 2.51. The third kappa shape index (κ3) is 1.71. The first-order valence-corrected chi connectivity index (χ1v) is 5.37. The Bertz CT molecular complexity index is 452. The predicted molar refractivity (Wildman–Crippen MR) is 60.8 cm³/mol. The number of hydrogen-bond donors (Lipinski definition) is 0. The van der Waals surface area contributed by atoms with E-state index in [1.165, 1.54) is 0 Å². The van der Waals surface area contributed by atoms with Crippen molar-refractivity contribution in [3.63, 3.8) is 0 Å². The van der Waals surface area contributed by atoms with Gasteiger partial charge in [0.05, 0.1) is 5.56 Å². The molecule has 1 aromatic carbocycles. The summed E-state index contributed by atoms with van der Waals surface area (Å²) in [6, 6.07) is 5.88. The van der Waals surface area contributed by atoms with Crippen molar-refractivity contribution in [1.82, 2.24) is 0 Å². The van der Waals surface area contributed by atoms with Crippen molar-refractivity contribution in [3.05, 3.63) is 23.3 Å². The van der Waals surface area contributed by atoms with Crippen LogP contribution in [0, 0.1) is 11.3 Å². The fourth-order valence-electron chi connectivity index (χ4n) is 1.82. The van der Waals surface area contributed by atoms with E-state index in [1.807, 2.05) is 6.07 Å². The highest BCUT2D eigenvalue weighted by Crippen LogP contribution is 2.42. The zero-order valence-electron chi connectivity index (χ0n) is 9.83. The van der Waals surface area contributed by atoms with Gasteiger partial charge < -0.3 is 9.47 Å².